The lowest BCUT2D eigenvalue weighted by molar-refractivity contribution is -0.128. The van der Waals surface area contributed by atoms with E-state index in [-0.39, 0.29) is 17.6 Å². The Morgan fingerprint density at radius 1 is 0.868 bits per heavy atom. The van der Waals surface area contributed by atoms with Crippen molar-refractivity contribution in [3.05, 3.63) is 35.6 Å². The van der Waals surface area contributed by atoms with Crippen LogP contribution in [0.25, 0.3) is 0 Å². The van der Waals surface area contributed by atoms with Crippen LogP contribution in [-0.4, -0.2) is 65.9 Å². The molecule has 0 aromatic heterocycles. The van der Waals surface area contributed by atoms with E-state index in [1.165, 1.54) is 69.2 Å². The number of hydrogen-bond acceptors (Lipinski definition) is 4. The van der Waals surface area contributed by atoms with E-state index in [0.717, 1.165) is 51.1 Å². The molecule has 210 valence electrons. The first-order valence-corrected chi connectivity index (χ1v) is 15.3. The van der Waals surface area contributed by atoms with Crippen LogP contribution in [0, 0.1) is 23.6 Å². The summed E-state index contributed by atoms with van der Waals surface area (Å²) in [5.41, 5.74) is 6.31. The van der Waals surface area contributed by atoms with Gasteiger partial charge in [0.1, 0.15) is 11.9 Å². The van der Waals surface area contributed by atoms with Gasteiger partial charge in [0.15, 0.2) is 0 Å². The van der Waals surface area contributed by atoms with Crippen LogP contribution in [0.3, 0.4) is 0 Å². The molecule has 38 heavy (non-hydrogen) atoms. The summed E-state index contributed by atoms with van der Waals surface area (Å²) in [7, 11) is 0. The molecule has 1 saturated heterocycles. The van der Waals surface area contributed by atoms with Crippen molar-refractivity contribution in [1.29, 1.82) is 0 Å². The number of carbonyl (C=O) groups is 2. The fourth-order valence-electron chi connectivity index (χ4n) is 7.20. The smallest absolute Gasteiger partial charge is 0.254 e. The molecule has 4 fully saturated rings. The first-order chi connectivity index (χ1) is 18.5. The summed E-state index contributed by atoms with van der Waals surface area (Å²) in [5.74, 6) is 1.30. The monoisotopic (exact) mass is 526 g/mol. The van der Waals surface area contributed by atoms with Gasteiger partial charge in [-0.2, -0.15) is 0 Å². The van der Waals surface area contributed by atoms with Gasteiger partial charge in [-0.25, -0.2) is 4.39 Å². The third-order valence-electron chi connectivity index (χ3n) is 9.77. The standard InChI is InChI=1S/C31H47FN4O2/c32-26-12-10-25(11-13-26)31(38)35-17-16-28(36(27-14-15-27)21-24-4-2-1-3-5-24)18-29(35)30(37)34-20-23-8-6-22(19-33)7-9-23/h10-13,22-24,27-29H,1-9,14-21,33H2,(H,34,37)/t22?,23?,28?,29-/m1/s1. The first kappa shape index (κ1) is 27.6. The Labute approximate surface area is 227 Å². The number of halogens is 1. The van der Waals surface area contributed by atoms with E-state index in [1.807, 2.05) is 0 Å². The number of amides is 2. The Bertz CT molecular complexity index is 922. The molecule has 0 radical (unpaired) electrons. The largest absolute Gasteiger partial charge is 0.354 e. The number of nitrogens with one attached hydrogen (secondary N) is 1. The van der Waals surface area contributed by atoms with Crippen molar-refractivity contribution in [2.24, 2.45) is 23.5 Å². The number of carbonyl (C=O) groups excluding carboxylic acids is 2. The Morgan fingerprint density at radius 2 is 1.55 bits per heavy atom. The zero-order chi connectivity index (χ0) is 26.5. The van der Waals surface area contributed by atoms with Gasteiger partial charge in [0.2, 0.25) is 5.91 Å². The van der Waals surface area contributed by atoms with Crippen LogP contribution in [0.2, 0.25) is 0 Å². The van der Waals surface area contributed by atoms with Gasteiger partial charge in [-0.15, -0.1) is 0 Å². The van der Waals surface area contributed by atoms with E-state index in [0.29, 0.717) is 49.0 Å². The number of likely N-dealkylation sites (tertiary alicyclic amines) is 1. The predicted molar refractivity (Wildman–Crippen MR) is 148 cm³/mol. The van der Waals surface area contributed by atoms with Crippen LogP contribution >= 0.6 is 0 Å². The third-order valence-corrected chi connectivity index (χ3v) is 9.77. The van der Waals surface area contributed by atoms with Gasteiger partial charge in [0.25, 0.3) is 5.91 Å². The minimum Gasteiger partial charge on any atom is -0.354 e. The minimum atomic E-state index is -0.487. The summed E-state index contributed by atoms with van der Waals surface area (Å²) in [6.45, 7) is 3.13. The molecule has 0 bridgehead atoms. The van der Waals surface area contributed by atoms with Crippen molar-refractivity contribution < 1.29 is 14.0 Å². The molecular formula is C31H47FN4O2. The maximum atomic E-state index is 13.7. The van der Waals surface area contributed by atoms with Gasteiger partial charge >= 0.3 is 0 Å². The number of piperidine rings is 1. The maximum absolute atomic E-state index is 13.7. The fraction of sp³-hybridized carbons (Fsp3) is 0.742. The van der Waals surface area contributed by atoms with Crippen molar-refractivity contribution in [3.8, 4) is 0 Å². The summed E-state index contributed by atoms with van der Waals surface area (Å²) in [6.07, 6.45) is 15.2. The first-order valence-electron chi connectivity index (χ1n) is 15.3. The van der Waals surface area contributed by atoms with Crippen LogP contribution in [0.1, 0.15) is 93.8 Å². The van der Waals surface area contributed by atoms with E-state index < -0.39 is 6.04 Å². The van der Waals surface area contributed by atoms with Gasteiger partial charge in [0, 0.05) is 37.3 Å². The van der Waals surface area contributed by atoms with E-state index in [2.05, 4.69) is 10.2 Å². The highest BCUT2D eigenvalue weighted by molar-refractivity contribution is 5.97. The molecule has 3 N–H and O–H groups in total. The normalized spacial score (nSPS) is 28.9. The molecular weight excluding hydrogens is 479 g/mol. The van der Waals surface area contributed by atoms with Crippen LogP contribution in [0.5, 0.6) is 0 Å². The second kappa shape index (κ2) is 12.9. The number of nitrogens with zero attached hydrogens (tertiary/aromatic N) is 2. The second-order valence-electron chi connectivity index (χ2n) is 12.5. The van der Waals surface area contributed by atoms with Crippen molar-refractivity contribution in [3.63, 3.8) is 0 Å². The van der Waals surface area contributed by atoms with E-state index in [9.17, 15) is 14.0 Å². The molecule has 6 nitrogen and oxygen atoms in total. The van der Waals surface area contributed by atoms with Crippen molar-refractivity contribution >= 4 is 11.8 Å². The van der Waals surface area contributed by atoms with E-state index in [1.54, 1.807) is 4.90 Å². The fourth-order valence-corrected chi connectivity index (χ4v) is 7.20. The van der Waals surface area contributed by atoms with Gasteiger partial charge < -0.3 is 16.0 Å². The molecule has 1 aromatic carbocycles. The van der Waals surface area contributed by atoms with Crippen LogP contribution in [-0.2, 0) is 4.79 Å². The molecule has 1 aromatic rings. The molecule has 1 unspecified atom stereocenters. The summed E-state index contributed by atoms with van der Waals surface area (Å²) < 4.78 is 13.5. The summed E-state index contributed by atoms with van der Waals surface area (Å²) in [5, 5.41) is 3.24. The van der Waals surface area contributed by atoms with Crippen molar-refractivity contribution in [2.75, 3.05) is 26.2 Å². The third kappa shape index (κ3) is 6.95. The van der Waals surface area contributed by atoms with Gasteiger partial charge in [-0.1, -0.05) is 19.3 Å². The lowest BCUT2D eigenvalue weighted by Gasteiger charge is -2.44. The topological polar surface area (TPSA) is 78.7 Å². The summed E-state index contributed by atoms with van der Waals surface area (Å²) >= 11 is 0. The zero-order valence-electron chi connectivity index (χ0n) is 23.0. The molecule has 3 aliphatic carbocycles. The molecule has 2 atom stereocenters. The quantitative estimate of drug-likeness (QED) is 0.488. The molecule has 5 rings (SSSR count). The van der Waals surface area contributed by atoms with Crippen molar-refractivity contribution in [1.82, 2.24) is 15.1 Å². The Balaban J connectivity index is 1.27. The Morgan fingerprint density at radius 3 is 2.21 bits per heavy atom. The van der Waals surface area contributed by atoms with E-state index >= 15 is 0 Å². The molecule has 2 amide bonds. The molecule has 1 aliphatic heterocycles. The number of nitrogens with two attached hydrogens (primary N) is 1. The molecule has 1 heterocycles. The molecule has 3 saturated carbocycles. The van der Waals surface area contributed by atoms with Gasteiger partial charge in [0.05, 0.1) is 0 Å². The molecule has 0 spiro atoms. The number of rotatable bonds is 9. The molecule has 4 aliphatic rings. The SMILES string of the molecule is NCC1CCC(CNC(=O)[C@H]2CC(N(CC3CCCCC3)C3CC3)CCN2C(=O)c2ccc(F)cc2)CC1. The highest BCUT2D eigenvalue weighted by atomic mass is 19.1. The van der Waals surface area contributed by atoms with Gasteiger partial charge in [-0.3, -0.25) is 14.5 Å². The van der Waals surface area contributed by atoms with Crippen LogP contribution in [0.15, 0.2) is 24.3 Å². The second-order valence-corrected chi connectivity index (χ2v) is 12.5. The van der Waals surface area contributed by atoms with Crippen molar-refractivity contribution in [2.45, 2.75) is 102 Å². The maximum Gasteiger partial charge on any atom is 0.254 e. The molecule has 7 heteroatoms. The summed E-state index contributed by atoms with van der Waals surface area (Å²) in [4.78, 5) is 31.7. The van der Waals surface area contributed by atoms with Gasteiger partial charge in [-0.05, 0) is 113 Å². The predicted octanol–water partition coefficient (Wildman–Crippen LogP) is 4.72. The highest BCUT2D eigenvalue weighted by Crippen LogP contribution is 2.36. The van der Waals surface area contributed by atoms with Crippen LogP contribution in [0.4, 0.5) is 4.39 Å². The lowest BCUT2D eigenvalue weighted by atomic mass is 9.82. The van der Waals surface area contributed by atoms with E-state index in [4.69, 9.17) is 5.73 Å². The summed E-state index contributed by atoms with van der Waals surface area (Å²) in [6, 6.07) is 6.21. The highest BCUT2D eigenvalue weighted by Gasteiger charge is 2.42. The Hall–Kier alpha value is -1.99. The Kier molecular flexibility index (Phi) is 9.37. The average Bonchev–Trinajstić information content (AvgIpc) is 3.81. The lowest BCUT2D eigenvalue weighted by Crippen LogP contribution is -2.58. The number of benzene rings is 1. The zero-order valence-corrected chi connectivity index (χ0v) is 23.0. The minimum absolute atomic E-state index is 0.0282. The van der Waals surface area contributed by atoms with Crippen LogP contribution < -0.4 is 11.1 Å². The number of hydrogen-bond donors (Lipinski definition) is 2. The average molecular weight is 527 g/mol.